The summed E-state index contributed by atoms with van der Waals surface area (Å²) in [6, 6.07) is 16.2. The van der Waals surface area contributed by atoms with Crippen molar-refractivity contribution in [3.63, 3.8) is 0 Å². The third kappa shape index (κ3) is 8.44. The number of rotatable bonds is 3. The van der Waals surface area contributed by atoms with Gasteiger partial charge in [-0.25, -0.2) is 0 Å². The Morgan fingerprint density at radius 1 is 0.808 bits per heavy atom. The van der Waals surface area contributed by atoms with Crippen molar-refractivity contribution in [2.75, 3.05) is 0 Å². The number of benzene rings is 2. The Labute approximate surface area is 187 Å². The van der Waals surface area contributed by atoms with E-state index in [1.165, 1.54) is 25.8 Å². The molecule has 0 saturated heterocycles. The predicted octanol–water partition coefficient (Wildman–Crippen LogP) is 8.38. The Kier molecular flexibility index (Phi) is 14.4. The second-order valence-electron chi connectivity index (χ2n) is 5.80. The number of fused-ring (bicyclic) bond motifs is 1. The fourth-order valence-corrected chi connectivity index (χ4v) is 28.4. The van der Waals surface area contributed by atoms with Crippen LogP contribution in [0.25, 0.3) is 11.1 Å². The molecule has 0 atom stereocenters. The summed E-state index contributed by atoms with van der Waals surface area (Å²) in [7, 11) is 6.51. The molecular weight excluding hydrogens is 606 g/mol. The van der Waals surface area contributed by atoms with E-state index in [-0.39, 0.29) is 13.5 Å². The second kappa shape index (κ2) is 13.6. The molecule has 1 aliphatic heterocycles. The van der Waals surface area contributed by atoms with Crippen LogP contribution in [0.3, 0.4) is 0 Å². The largest absolute Gasteiger partial charge is 0.813 e. The zero-order chi connectivity index (χ0) is 19.0. The molecule has 0 spiro atoms. The zero-order valence-electron chi connectivity index (χ0n) is 17.2. The molecule has 3 rings (SSSR count). The summed E-state index contributed by atoms with van der Waals surface area (Å²) in [6.07, 6.45) is 0. The molecule has 0 aromatic heterocycles. The summed E-state index contributed by atoms with van der Waals surface area (Å²) in [5.74, 6) is 0. The van der Waals surface area contributed by atoms with E-state index in [0.717, 1.165) is 0 Å². The third-order valence-corrected chi connectivity index (χ3v) is 27.3. The maximum atomic E-state index is 2.51. The van der Waals surface area contributed by atoms with Crippen molar-refractivity contribution in [2.24, 2.45) is 0 Å². The molecule has 0 amide bonds. The molecule has 6 heteroatoms. The van der Waals surface area contributed by atoms with Gasteiger partial charge in [0, 0.05) is 0 Å². The molecule has 0 bridgehead atoms. The molecule has 0 nitrogen and oxygen atoms in total. The van der Waals surface area contributed by atoms with Crippen LogP contribution < -0.4 is 0 Å². The fourth-order valence-electron chi connectivity index (χ4n) is 2.38. The molecular formula is C20H32S4Sn2. The van der Waals surface area contributed by atoms with Crippen molar-refractivity contribution >= 4 is 74.3 Å². The van der Waals surface area contributed by atoms with E-state index in [4.69, 9.17) is 0 Å². The first-order valence-corrected chi connectivity index (χ1v) is 33.4. The maximum Gasteiger partial charge on any atom is -0.813 e. The van der Waals surface area contributed by atoms with Gasteiger partial charge in [0.05, 0.1) is 0 Å². The number of hydrogen-bond donors (Lipinski definition) is 0. The Morgan fingerprint density at radius 3 is 2.00 bits per heavy atom. The first kappa shape index (κ1) is 27.4. The molecule has 26 heavy (non-hydrogen) atoms. The molecule has 0 N–H and O–H groups in total. The Hall–Kier alpha value is 1.44. The van der Waals surface area contributed by atoms with E-state index in [0.29, 0.717) is 0 Å². The van der Waals surface area contributed by atoms with Gasteiger partial charge in [0.25, 0.3) is 0 Å². The van der Waals surface area contributed by atoms with Gasteiger partial charge in [-0.15, -0.1) is 0 Å². The molecule has 0 saturated carbocycles. The monoisotopic (exact) mass is 640 g/mol. The van der Waals surface area contributed by atoms with Gasteiger partial charge in [-0.3, -0.25) is 0 Å². The van der Waals surface area contributed by atoms with Crippen LogP contribution in [0.1, 0.15) is 27.7 Å². The molecule has 1 aliphatic rings. The molecule has 1 heterocycles. The normalized spacial score (nSPS) is 13.2. The predicted molar refractivity (Wildman–Crippen MR) is 136 cm³/mol. The number of thiol groups is 1. The van der Waals surface area contributed by atoms with Crippen LogP contribution in [-0.4, -0.2) is 34.0 Å². The molecule has 2 aromatic rings. The van der Waals surface area contributed by atoms with Gasteiger partial charge in [-0.2, -0.15) is 0 Å². The van der Waals surface area contributed by atoms with E-state index >= 15 is 0 Å². The fraction of sp³-hybridized carbons (Fsp3) is 0.400. The van der Waals surface area contributed by atoms with Crippen molar-refractivity contribution < 1.29 is 0 Å². The topological polar surface area (TPSA) is 0 Å². The first-order chi connectivity index (χ1) is 11.9. The van der Waals surface area contributed by atoms with Gasteiger partial charge in [0.15, 0.2) is 0 Å². The summed E-state index contributed by atoms with van der Waals surface area (Å²) in [5.41, 5.74) is 2.75. The van der Waals surface area contributed by atoms with E-state index in [9.17, 15) is 0 Å². The second-order valence-corrected chi connectivity index (χ2v) is 47.1. The van der Waals surface area contributed by atoms with Crippen LogP contribution in [0.2, 0.25) is 19.8 Å². The van der Waals surface area contributed by atoms with Gasteiger partial charge >= 0.3 is 149 Å². The van der Waals surface area contributed by atoms with Gasteiger partial charge in [0.2, 0.25) is 0 Å². The van der Waals surface area contributed by atoms with E-state index in [1.807, 2.05) is 27.7 Å². The van der Waals surface area contributed by atoms with E-state index in [1.54, 1.807) is 0 Å². The summed E-state index contributed by atoms with van der Waals surface area (Å²) in [6.45, 7) is 8.00. The van der Waals surface area contributed by atoms with E-state index < -0.39 is 34.0 Å². The molecule has 0 unspecified atom stereocenters. The maximum absolute atomic E-state index is 2.51. The molecule has 0 fully saturated rings. The van der Waals surface area contributed by atoms with Gasteiger partial charge < -0.3 is 13.5 Å². The summed E-state index contributed by atoms with van der Waals surface area (Å²) in [4.78, 5) is 14.4. The molecule has 0 aliphatic carbocycles. The molecule has 2 aromatic carbocycles. The van der Waals surface area contributed by atoms with Crippen LogP contribution in [-0.2, 0) is 13.5 Å². The van der Waals surface area contributed by atoms with Crippen LogP contribution in [0.5, 0.6) is 0 Å². The van der Waals surface area contributed by atoms with Gasteiger partial charge in [0.1, 0.15) is 0 Å². The standard InChI is InChI=1S/C12H10S3.2C2H6.4CH3.H2S.2Sn/c13-10-3-1-2-8(6-10)9-4-5-11(14)12(15)7-9;2*1-2;;;;;;;/h1-7,13-15H;2*1-2H3;4*1H3;1H2;;/q;;;;;;;;2*+2/p-4. The Balaban J connectivity index is 0.00000117. The average molecular weight is 638 g/mol. The molecule has 144 valence electrons. The average Bonchev–Trinajstić information content (AvgIpc) is 2.91. The van der Waals surface area contributed by atoms with Crippen molar-refractivity contribution in [1.82, 2.24) is 0 Å². The van der Waals surface area contributed by atoms with Crippen LogP contribution >= 0.6 is 26.8 Å². The first-order valence-electron chi connectivity index (χ1n) is 9.03. The van der Waals surface area contributed by atoms with Crippen LogP contribution in [0.4, 0.5) is 0 Å². The van der Waals surface area contributed by atoms with E-state index in [2.05, 4.69) is 89.1 Å². The van der Waals surface area contributed by atoms with Crippen LogP contribution in [0.15, 0.2) is 57.2 Å². The summed E-state index contributed by atoms with van der Waals surface area (Å²) in [5, 5.41) is 0. The van der Waals surface area contributed by atoms with Crippen molar-refractivity contribution in [2.45, 2.75) is 62.1 Å². The minimum absolute atomic E-state index is 0. The quantitative estimate of drug-likeness (QED) is 0.188. The van der Waals surface area contributed by atoms with Crippen molar-refractivity contribution in [3.8, 4) is 11.1 Å². The smallest absolute Gasteiger partial charge is 0.813 e. The van der Waals surface area contributed by atoms with Crippen molar-refractivity contribution in [1.29, 1.82) is 0 Å². The third-order valence-electron chi connectivity index (χ3n) is 3.14. The minimum atomic E-state index is -1.90. The Bertz CT molecular complexity index is 673. The van der Waals surface area contributed by atoms with Crippen LogP contribution in [0, 0.1) is 0 Å². The minimum Gasteiger partial charge on any atom is -0.813 e. The summed E-state index contributed by atoms with van der Waals surface area (Å²) < 4.78 is 0. The summed E-state index contributed by atoms with van der Waals surface area (Å²) >= 11 is -3.04. The molecule has 0 radical (unpaired) electrons. The Morgan fingerprint density at radius 2 is 1.38 bits per heavy atom. The number of hydrogen-bond acceptors (Lipinski definition) is 4. The van der Waals surface area contributed by atoms with Crippen molar-refractivity contribution in [3.05, 3.63) is 42.5 Å². The zero-order valence-corrected chi connectivity index (χ0v) is 26.3. The SMILES string of the molecule is CC.CC.[CH3][Sn+]([CH3])[S]c1cccc(-c2ccc3c(c2)[S][Sn]([CH3])([CH3])[S]3)c1.[SH-]. The van der Waals surface area contributed by atoms with Gasteiger partial charge in [-0.1, -0.05) is 27.7 Å². The van der Waals surface area contributed by atoms with Gasteiger partial charge in [-0.05, 0) is 0 Å².